The van der Waals surface area contributed by atoms with Gasteiger partial charge in [0.2, 0.25) is 0 Å². The van der Waals surface area contributed by atoms with Crippen LogP contribution in [0.25, 0.3) is 0 Å². The molecular formula is C34H59NO7. The summed E-state index contributed by atoms with van der Waals surface area (Å²) in [6.07, 6.45) is 8.14. The Bertz CT molecular complexity index is 941. The van der Waals surface area contributed by atoms with Crippen molar-refractivity contribution in [3.63, 3.8) is 0 Å². The molecule has 0 aromatic carbocycles. The average molecular weight is 594 g/mol. The van der Waals surface area contributed by atoms with E-state index in [1.807, 2.05) is 0 Å². The fourth-order valence-electron chi connectivity index (χ4n) is 9.82. The minimum atomic E-state index is -1.73. The summed E-state index contributed by atoms with van der Waals surface area (Å²) in [5.74, 6) is 4.69. The lowest BCUT2D eigenvalue weighted by Gasteiger charge is -2.58. The zero-order chi connectivity index (χ0) is 30.8. The first-order chi connectivity index (χ1) is 19.8. The first kappa shape index (κ1) is 33.7. The van der Waals surface area contributed by atoms with E-state index in [1.54, 1.807) is 0 Å². The predicted molar refractivity (Wildman–Crippen MR) is 162 cm³/mol. The lowest BCUT2D eigenvalue weighted by molar-refractivity contribution is -0.113. The van der Waals surface area contributed by atoms with Gasteiger partial charge in [-0.25, -0.2) is 4.79 Å². The second-order valence-electron chi connectivity index (χ2n) is 15.2. The second-order valence-corrected chi connectivity index (χ2v) is 15.2. The molecule has 0 saturated heterocycles. The quantitative estimate of drug-likeness (QED) is 0.182. The lowest BCUT2D eigenvalue weighted by Crippen LogP contribution is -2.51. The van der Waals surface area contributed by atoms with Crippen molar-refractivity contribution < 1.29 is 35.1 Å². The van der Waals surface area contributed by atoms with Crippen LogP contribution in [-0.2, 0) is 4.74 Å². The molecule has 4 aliphatic rings. The van der Waals surface area contributed by atoms with Crippen molar-refractivity contribution in [2.75, 3.05) is 13.2 Å². The van der Waals surface area contributed by atoms with Crippen LogP contribution in [0.5, 0.6) is 0 Å². The molecule has 12 atom stereocenters. The van der Waals surface area contributed by atoms with Gasteiger partial charge in [-0.05, 0) is 91.3 Å². The van der Waals surface area contributed by atoms with Crippen molar-refractivity contribution in [1.82, 2.24) is 5.32 Å². The second kappa shape index (κ2) is 13.8. The van der Waals surface area contributed by atoms with E-state index in [0.29, 0.717) is 11.3 Å². The largest absolute Gasteiger partial charge is 0.446 e. The SMILES string of the molecule is CC(C)CCC[C@H](C)[C@@H]1CC[C@@H]2[C@H]3CC=C4C[C@@H](OC(=O)NC[C@H](O)[C@H](O)[C@@H](O)[C@H](O)CO)CC[C@]4(C)[C@@H]3CC[C@@]21C. The van der Waals surface area contributed by atoms with E-state index in [4.69, 9.17) is 9.84 Å². The molecule has 3 saturated carbocycles. The van der Waals surface area contributed by atoms with Crippen LogP contribution in [0, 0.1) is 46.3 Å². The van der Waals surface area contributed by atoms with E-state index in [0.717, 1.165) is 55.3 Å². The molecule has 0 aromatic rings. The van der Waals surface area contributed by atoms with Crippen LogP contribution >= 0.6 is 0 Å². The number of ether oxygens (including phenoxy) is 1. The van der Waals surface area contributed by atoms with Crippen molar-refractivity contribution in [2.24, 2.45) is 46.3 Å². The number of hydrogen-bond donors (Lipinski definition) is 6. The molecule has 3 fully saturated rings. The number of fused-ring (bicyclic) bond motifs is 5. The molecule has 42 heavy (non-hydrogen) atoms. The molecule has 0 unspecified atom stereocenters. The minimum Gasteiger partial charge on any atom is -0.446 e. The van der Waals surface area contributed by atoms with E-state index in [-0.39, 0.29) is 18.1 Å². The molecule has 8 heteroatoms. The third kappa shape index (κ3) is 6.88. The predicted octanol–water partition coefficient (Wildman–Crippen LogP) is 4.56. The molecule has 4 aliphatic carbocycles. The molecule has 242 valence electrons. The third-order valence-electron chi connectivity index (χ3n) is 12.3. The van der Waals surface area contributed by atoms with Gasteiger partial charge in [0.25, 0.3) is 0 Å². The molecule has 0 radical (unpaired) electrons. The highest BCUT2D eigenvalue weighted by molar-refractivity contribution is 5.67. The fraction of sp³-hybridized carbons (Fsp3) is 0.912. The minimum absolute atomic E-state index is 0.158. The summed E-state index contributed by atoms with van der Waals surface area (Å²) in [6.45, 7) is 11.2. The van der Waals surface area contributed by atoms with Crippen molar-refractivity contribution >= 4 is 6.09 Å². The fourth-order valence-corrected chi connectivity index (χ4v) is 9.82. The molecule has 8 nitrogen and oxygen atoms in total. The Morgan fingerprint density at radius 2 is 1.69 bits per heavy atom. The average Bonchev–Trinajstić information content (AvgIpc) is 3.31. The maximum atomic E-state index is 12.5. The van der Waals surface area contributed by atoms with Crippen molar-refractivity contribution in [3.05, 3.63) is 11.6 Å². The van der Waals surface area contributed by atoms with Crippen LogP contribution in [-0.4, -0.2) is 75.3 Å². The number of aliphatic hydroxyl groups is 5. The summed E-state index contributed by atoms with van der Waals surface area (Å²) in [5.41, 5.74) is 2.05. The zero-order valence-electron chi connectivity index (χ0n) is 26.7. The Kier molecular flexibility index (Phi) is 11.1. The van der Waals surface area contributed by atoms with Crippen LogP contribution in [0.3, 0.4) is 0 Å². The third-order valence-corrected chi connectivity index (χ3v) is 12.3. The van der Waals surface area contributed by atoms with Crippen LogP contribution in [0.4, 0.5) is 4.79 Å². The molecule has 4 rings (SSSR count). The number of carbonyl (C=O) groups excluding carboxylic acids is 1. The summed E-state index contributed by atoms with van der Waals surface area (Å²) in [6, 6.07) is 0. The van der Waals surface area contributed by atoms with Crippen molar-refractivity contribution in [3.8, 4) is 0 Å². The highest BCUT2D eigenvalue weighted by Crippen LogP contribution is 2.67. The number of carbonyl (C=O) groups is 1. The van der Waals surface area contributed by atoms with E-state index in [1.165, 1.54) is 50.5 Å². The number of nitrogens with one attached hydrogen (secondary N) is 1. The maximum Gasteiger partial charge on any atom is 0.407 e. The molecule has 1 amide bonds. The van der Waals surface area contributed by atoms with E-state index >= 15 is 0 Å². The Morgan fingerprint density at radius 1 is 0.976 bits per heavy atom. The van der Waals surface area contributed by atoms with E-state index in [9.17, 15) is 25.2 Å². The van der Waals surface area contributed by atoms with Gasteiger partial charge in [-0.2, -0.15) is 0 Å². The molecule has 6 N–H and O–H groups in total. The Balaban J connectivity index is 1.31. The van der Waals surface area contributed by atoms with Crippen molar-refractivity contribution in [2.45, 2.75) is 136 Å². The van der Waals surface area contributed by atoms with E-state index < -0.39 is 37.1 Å². The number of hydrogen-bond acceptors (Lipinski definition) is 7. The summed E-state index contributed by atoms with van der Waals surface area (Å²) in [7, 11) is 0. The van der Waals surface area contributed by atoms with Gasteiger partial charge in [0.15, 0.2) is 0 Å². The van der Waals surface area contributed by atoms with Crippen LogP contribution in [0.1, 0.15) is 105 Å². The summed E-state index contributed by atoms with van der Waals surface area (Å²) in [4.78, 5) is 12.5. The summed E-state index contributed by atoms with van der Waals surface area (Å²) < 4.78 is 5.72. The number of allylic oxidation sites excluding steroid dienone is 1. The van der Waals surface area contributed by atoms with Crippen LogP contribution in [0.15, 0.2) is 11.6 Å². The van der Waals surface area contributed by atoms with Crippen LogP contribution in [0.2, 0.25) is 0 Å². The van der Waals surface area contributed by atoms with Crippen molar-refractivity contribution in [1.29, 1.82) is 0 Å². The van der Waals surface area contributed by atoms with Crippen LogP contribution < -0.4 is 5.32 Å². The first-order valence-corrected chi connectivity index (χ1v) is 16.8. The van der Waals surface area contributed by atoms with Gasteiger partial charge in [0.1, 0.15) is 24.4 Å². The Hall–Kier alpha value is -1.19. The number of rotatable bonds is 12. The highest BCUT2D eigenvalue weighted by atomic mass is 16.6. The summed E-state index contributed by atoms with van der Waals surface area (Å²) >= 11 is 0. The van der Waals surface area contributed by atoms with Gasteiger partial charge in [0, 0.05) is 13.0 Å². The first-order valence-electron chi connectivity index (χ1n) is 16.8. The highest BCUT2D eigenvalue weighted by Gasteiger charge is 2.59. The van der Waals surface area contributed by atoms with Gasteiger partial charge < -0.3 is 35.6 Å². The maximum absolute atomic E-state index is 12.5. The number of alkyl carbamates (subject to hydrolysis) is 1. The molecule has 0 bridgehead atoms. The number of aliphatic hydroxyl groups excluding tert-OH is 5. The normalized spacial score (nSPS) is 37.9. The van der Waals surface area contributed by atoms with Gasteiger partial charge in [-0.15, -0.1) is 0 Å². The number of amides is 1. The molecular weight excluding hydrogens is 534 g/mol. The molecule has 0 aromatic heterocycles. The molecule has 0 heterocycles. The zero-order valence-corrected chi connectivity index (χ0v) is 26.7. The topological polar surface area (TPSA) is 139 Å². The standard InChI is InChI=1S/C34H59NO7/c1-20(2)7-6-8-21(3)25-11-12-26-24-10-9-22-17-23(13-15-33(22,4)27(24)14-16-34(25,26)5)42-32(41)35-18-28(37)30(39)31(40)29(38)19-36/h9,20-21,23-31,36-40H,6-8,10-19H2,1-5H3,(H,35,41)/t21-,23-,24+,25-,26+,27+,28-,29+,30-,31-,33-,34+/m0/s1. The summed E-state index contributed by atoms with van der Waals surface area (Å²) in [5, 5.41) is 50.7. The molecule has 0 spiro atoms. The van der Waals surface area contributed by atoms with Gasteiger partial charge in [-0.1, -0.05) is 65.5 Å². The lowest BCUT2D eigenvalue weighted by atomic mass is 9.47. The van der Waals surface area contributed by atoms with Gasteiger partial charge in [0.05, 0.1) is 12.7 Å². The Labute approximate surface area is 253 Å². The van der Waals surface area contributed by atoms with Gasteiger partial charge in [-0.3, -0.25) is 0 Å². The Morgan fingerprint density at radius 3 is 2.38 bits per heavy atom. The van der Waals surface area contributed by atoms with Gasteiger partial charge >= 0.3 is 6.09 Å². The van der Waals surface area contributed by atoms with E-state index in [2.05, 4.69) is 46.0 Å². The monoisotopic (exact) mass is 593 g/mol. The smallest absolute Gasteiger partial charge is 0.407 e. The molecule has 0 aliphatic heterocycles.